The normalized spacial score (nSPS) is 11.3. The molecule has 3 rings (SSSR count). The van der Waals surface area contributed by atoms with E-state index in [0.717, 1.165) is 0 Å². The molecule has 6 heteroatoms. The maximum Gasteiger partial charge on any atom is 0.129 e. The van der Waals surface area contributed by atoms with Gasteiger partial charge >= 0.3 is 0 Å². The quantitative estimate of drug-likeness (QED) is 0.686. The molecule has 0 radical (unpaired) electrons. The lowest BCUT2D eigenvalue weighted by Crippen LogP contribution is -2.19. The zero-order valence-electron chi connectivity index (χ0n) is 12.9. The van der Waals surface area contributed by atoms with Gasteiger partial charge in [-0.25, -0.2) is 9.07 Å². The maximum atomic E-state index is 13.8. The van der Waals surface area contributed by atoms with Gasteiger partial charge in [-0.15, -0.1) is 0 Å². The fourth-order valence-electron chi connectivity index (χ4n) is 2.17. The van der Waals surface area contributed by atoms with E-state index >= 15 is 0 Å². The summed E-state index contributed by atoms with van der Waals surface area (Å²) in [7, 11) is 0. The molecule has 2 N–H and O–H groups in total. The van der Waals surface area contributed by atoms with Crippen LogP contribution in [0.25, 0.3) is 5.82 Å². The van der Waals surface area contributed by atoms with E-state index in [-0.39, 0.29) is 18.1 Å². The molecule has 0 amide bonds. The standard InChI is InChI=1S/C18H16FN5/c19-15-7-2-1-6-14(15)13-22-18(24-11-5-10-23-24)12-16(20)17-8-3-4-9-21-17/h1-12,20,22H,13H2/b18-12+,20-16?. The van der Waals surface area contributed by atoms with Crippen molar-refractivity contribution in [3.63, 3.8) is 0 Å². The minimum atomic E-state index is -0.274. The van der Waals surface area contributed by atoms with Gasteiger partial charge in [0, 0.05) is 36.8 Å². The highest BCUT2D eigenvalue weighted by Gasteiger charge is 2.07. The highest BCUT2D eigenvalue weighted by atomic mass is 19.1. The van der Waals surface area contributed by atoms with Crippen molar-refractivity contribution in [3.05, 3.63) is 90.3 Å². The summed E-state index contributed by atoms with van der Waals surface area (Å²) in [4.78, 5) is 4.16. The van der Waals surface area contributed by atoms with Gasteiger partial charge in [0.05, 0.1) is 11.4 Å². The summed E-state index contributed by atoms with van der Waals surface area (Å²) in [5, 5.41) is 15.5. The molecule has 0 saturated heterocycles. The Balaban J connectivity index is 1.83. The summed E-state index contributed by atoms with van der Waals surface area (Å²) in [5.41, 5.74) is 1.33. The van der Waals surface area contributed by atoms with Crippen LogP contribution in [0.1, 0.15) is 11.3 Å². The van der Waals surface area contributed by atoms with E-state index in [1.807, 2.05) is 6.07 Å². The third-order valence-electron chi connectivity index (χ3n) is 3.39. The smallest absolute Gasteiger partial charge is 0.129 e. The Labute approximate surface area is 139 Å². The van der Waals surface area contributed by atoms with Crippen LogP contribution in [0.5, 0.6) is 0 Å². The molecule has 3 aromatic rings. The van der Waals surface area contributed by atoms with Crippen molar-refractivity contribution in [1.82, 2.24) is 20.1 Å². The summed E-state index contributed by atoms with van der Waals surface area (Å²) in [5.74, 6) is 0.295. The van der Waals surface area contributed by atoms with Crippen LogP contribution in [0.4, 0.5) is 4.39 Å². The molecule has 0 aliphatic heterocycles. The Morgan fingerprint density at radius 1 is 1.12 bits per heavy atom. The highest BCUT2D eigenvalue weighted by Crippen LogP contribution is 2.09. The number of allylic oxidation sites excluding steroid dienone is 1. The second-order valence-corrected chi connectivity index (χ2v) is 5.05. The molecule has 1 aromatic carbocycles. The number of rotatable bonds is 6. The number of hydrogen-bond donors (Lipinski definition) is 2. The van der Waals surface area contributed by atoms with Gasteiger partial charge in [0.2, 0.25) is 0 Å². The van der Waals surface area contributed by atoms with Crippen molar-refractivity contribution >= 4 is 11.5 Å². The average molecular weight is 321 g/mol. The summed E-state index contributed by atoms with van der Waals surface area (Å²) >= 11 is 0. The average Bonchev–Trinajstić information content (AvgIpc) is 3.15. The van der Waals surface area contributed by atoms with Crippen LogP contribution in [0.15, 0.2) is 73.2 Å². The lowest BCUT2D eigenvalue weighted by atomic mass is 10.2. The monoisotopic (exact) mass is 321 g/mol. The van der Waals surface area contributed by atoms with Gasteiger partial charge in [0.15, 0.2) is 0 Å². The summed E-state index contributed by atoms with van der Waals surface area (Å²) in [6, 6.07) is 13.7. The van der Waals surface area contributed by atoms with Crippen LogP contribution in [0.2, 0.25) is 0 Å². The van der Waals surface area contributed by atoms with Crippen LogP contribution in [-0.2, 0) is 6.54 Å². The number of benzene rings is 1. The number of pyridine rings is 1. The van der Waals surface area contributed by atoms with Crippen LogP contribution >= 0.6 is 0 Å². The minimum Gasteiger partial charge on any atom is -0.366 e. The first kappa shape index (κ1) is 15.6. The number of aromatic nitrogens is 3. The largest absolute Gasteiger partial charge is 0.366 e. The predicted molar refractivity (Wildman–Crippen MR) is 90.8 cm³/mol. The van der Waals surface area contributed by atoms with Gasteiger partial charge in [-0.2, -0.15) is 5.10 Å². The van der Waals surface area contributed by atoms with Gasteiger partial charge < -0.3 is 5.32 Å². The molecule has 120 valence electrons. The number of hydrogen-bond acceptors (Lipinski definition) is 4. The predicted octanol–water partition coefficient (Wildman–Crippen LogP) is 3.07. The Morgan fingerprint density at radius 2 is 1.96 bits per heavy atom. The van der Waals surface area contributed by atoms with Crippen molar-refractivity contribution in [1.29, 1.82) is 5.41 Å². The van der Waals surface area contributed by atoms with E-state index in [9.17, 15) is 4.39 Å². The zero-order valence-corrected chi connectivity index (χ0v) is 12.9. The molecule has 0 unspecified atom stereocenters. The molecule has 0 atom stereocenters. The number of halogens is 1. The SMILES string of the molecule is N=C(/C=C(\NCc1ccccc1F)n1cccn1)c1ccccn1. The molecule has 0 spiro atoms. The van der Waals surface area contributed by atoms with Gasteiger partial charge in [0.1, 0.15) is 11.6 Å². The summed E-state index contributed by atoms with van der Waals surface area (Å²) in [6.45, 7) is 0.286. The summed E-state index contributed by atoms with van der Waals surface area (Å²) < 4.78 is 15.4. The lowest BCUT2D eigenvalue weighted by Gasteiger charge is -2.12. The summed E-state index contributed by atoms with van der Waals surface area (Å²) in [6.07, 6.45) is 6.66. The molecule has 0 bridgehead atoms. The molecule has 0 aliphatic rings. The molecule has 0 aliphatic carbocycles. The third kappa shape index (κ3) is 3.73. The molecule has 2 heterocycles. The zero-order chi connectivity index (χ0) is 16.8. The third-order valence-corrected chi connectivity index (χ3v) is 3.39. The van der Waals surface area contributed by atoms with Crippen molar-refractivity contribution < 1.29 is 4.39 Å². The molecule has 0 fully saturated rings. The van der Waals surface area contributed by atoms with E-state index in [1.54, 1.807) is 65.7 Å². The second kappa shape index (κ2) is 7.32. The van der Waals surface area contributed by atoms with Gasteiger partial charge in [-0.3, -0.25) is 10.4 Å². The van der Waals surface area contributed by atoms with E-state index in [0.29, 0.717) is 17.1 Å². The molecule has 5 nitrogen and oxygen atoms in total. The Kier molecular flexibility index (Phi) is 4.76. The fraction of sp³-hybridized carbons (Fsp3) is 0.0556. The topological polar surface area (TPSA) is 66.6 Å². The van der Waals surface area contributed by atoms with Crippen molar-refractivity contribution in [2.24, 2.45) is 0 Å². The Hall–Kier alpha value is -3.28. The fourth-order valence-corrected chi connectivity index (χ4v) is 2.17. The maximum absolute atomic E-state index is 13.8. The van der Waals surface area contributed by atoms with Gasteiger partial charge in [0.25, 0.3) is 0 Å². The Bertz CT molecular complexity index is 841. The van der Waals surface area contributed by atoms with Crippen LogP contribution < -0.4 is 5.32 Å². The number of nitrogens with one attached hydrogen (secondary N) is 2. The first-order valence-corrected chi connectivity index (χ1v) is 7.43. The second-order valence-electron chi connectivity index (χ2n) is 5.05. The van der Waals surface area contributed by atoms with Gasteiger partial charge in [-0.05, 0) is 24.3 Å². The molecular formula is C18H16FN5. The van der Waals surface area contributed by atoms with Gasteiger partial charge in [-0.1, -0.05) is 24.3 Å². The number of nitrogens with zero attached hydrogens (tertiary/aromatic N) is 3. The molecular weight excluding hydrogens is 305 g/mol. The lowest BCUT2D eigenvalue weighted by molar-refractivity contribution is 0.602. The minimum absolute atomic E-state index is 0.238. The molecule has 24 heavy (non-hydrogen) atoms. The molecule has 2 aromatic heterocycles. The van der Waals surface area contributed by atoms with Crippen molar-refractivity contribution in [2.75, 3.05) is 0 Å². The van der Waals surface area contributed by atoms with Crippen molar-refractivity contribution in [3.8, 4) is 0 Å². The van der Waals surface area contributed by atoms with E-state index in [4.69, 9.17) is 5.41 Å². The van der Waals surface area contributed by atoms with Crippen LogP contribution in [-0.4, -0.2) is 20.5 Å². The van der Waals surface area contributed by atoms with Crippen LogP contribution in [0.3, 0.4) is 0 Å². The highest BCUT2D eigenvalue weighted by molar-refractivity contribution is 6.07. The Morgan fingerprint density at radius 3 is 2.67 bits per heavy atom. The first-order valence-electron chi connectivity index (χ1n) is 7.43. The van der Waals surface area contributed by atoms with E-state index < -0.39 is 0 Å². The first-order chi connectivity index (χ1) is 11.7. The van der Waals surface area contributed by atoms with Crippen molar-refractivity contribution in [2.45, 2.75) is 6.54 Å². The molecule has 0 saturated carbocycles. The van der Waals surface area contributed by atoms with E-state index in [1.165, 1.54) is 6.07 Å². The van der Waals surface area contributed by atoms with E-state index in [2.05, 4.69) is 15.4 Å². The van der Waals surface area contributed by atoms with Crippen LogP contribution in [0, 0.1) is 11.2 Å².